The summed E-state index contributed by atoms with van der Waals surface area (Å²) in [7, 11) is 0. The minimum Gasteiger partial charge on any atom is -0.371 e. The fourth-order valence-electron chi connectivity index (χ4n) is 2.39. The summed E-state index contributed by atoms with van der Waals surface area (Å²) in [5, 5.41) is 3.92. The number of ether oxygens (including phenoxy) is 1. The van der Waals surface area contributed by atoms with E-state index in [0.717, 1.165) is 23.4 Å². The number of rotatable bonds is 8. The summed E-state index contributed by atoms with van der Waals surface area (Å²) in [6.45, 7) is 1.24. The first-order chi connectivity index (χ1) is 11.8. The van der Waals surface area contributed by atoms with Crippen molar-refractivity contribution in [1.29, 1.82) is 0 Å². The van der Waals surface area contributed by atoms with Crippen LogP contribution in [0, 0.1) is 0 Å². The molecule has 0 aliphatic rings. The van der Waals surface area contributed by atoms with E-state index in [9.17, 15) is 4.79 Å². The zero-order valence-electron chi connectivity index (χ0n) is 13.4. The van der Waals surface area contributed by atoms with E-state index in [-0.39, 0.29) is 12.5 Å². The molecule has 0 aliphatic heterocycles. The molecule has 1 aromatic heterocycles. The maximum atomic E-state index is 11.8. The zero-order chi connectivity index (χ0) is 16.6. The Bertz CT molecular complexity index is 753. The quantitative estimate of drug-likeness (QED) is 0.641. The summed E-state index contributed by atoms with van der Waals surface area (Å²) in [4.78, 5) is 16.3. The highest BCUT2D eigenvalue weighted by Crippen LogP contribution is 2.21. The van der Waals surface area contributed by atoms with Gasteiger partial charge in [0.1, 0.15) is 6.61 Å². The van der Waals surface area contributed by atoms with E-state index in [0.29, 0.717) is 13.2 Å². The first kappa shape index (κ1) is 16.6. The van der Waals surface area contributed by atoms with Crippen LogP contribution in [0.2, 0.25) is 0 Å². The number of para-hydroxylation sites is 1. The molecule has 0 saturated heterocycles. The van der Waals surface area contributed by atoms with Crippen LogP contribution in [0.5, 0.6) is 0 Å². The summed E-state index contributed by atoms with van der Waals surface area (Å²) in [6.07, 6.45) is 1.56. The smallest absolute Gasteiger partial charge is 0.246 e. The summed E-state index contributed by atoms with van der Waals surface area (Å²) >= 11 is 1.67. The molecule has 0 bridgehead atoms. The molecule has 3 rings (SSSR count). The molecule has 2 aromatic carbocycles. The molecule has 0 fully saturated rings. The molecule has 0 aliphatic carbocycles. The molecule has 5 heteroatoms. The molecule has 0 atom stereocenters. The van der Waals surface area contributed by atoms with Crippen molar-refractivity contribution in [3.8, 4) is 0 Å². The summed E-state index contributed by atoms with van der Waals surface area (Å²) in [5.74, 6) is -0.0795. The van der Waals surface area contributed by atoms with Crippen LogP contribution in [0.1, 0.15) is 10.6 Å². The van der Waals surface area contributed by atoms with Gasteiger partial charge < -0.3 is 10.1 Å². The Morgan fingerprint density at radius 2 is 1.83 bits per heavy atom. The van der Waals surface area contributed by atoms with Crippen molar-refractivity contribution in [1.82, 2.24) is 10.3 Å². The summed E-state index contributed by atoms with van der Waals surface area (Å²) < 4.78 is 6.61. The molecule has 0 spiro atoms. The number of benzene rings is 2. The van der Waals surface area contributed by atoms with Gasteiger partial charge in [-0.15, -0.1) is 11.3 Å². The normalized spacial score (nSPS) is 10.8. The van der Waals surface area contributed by atoms with Crippen LogP contribution in [0.4, 0.5) is 0 Å². The number of hydrogen-bond donors (Lipinski definition) is 1. The number of nitrogens with one attached hydrogen (secondary N) is 1. The minimum absolute atomic E-state index is 0.0795. The van der Waals surface area contributed by atoms with E-state index in [1.54, 1.807) is 11.3 Å². The molecule has 4 nitrogen and oxygen atoms in total. The first-order valence-corrected chi connectivity index (χ1v) is 8.86. The highest BCUT2D eigenvalue weighted by Gasteiger charge is 2.05. The first-order valence-electron chi connectivity index (χ1n) is 8.04. The molecular weight excluding hydrogens is 320 g/mol. The number of nitrogens with zero attached hydrogens (tertiary/aromatic N) is 1. The van der Waals surface area contributed by atoms with Gasteiger partial charge in [0.2, 0.25) is 5.91 Å². The van der Waals surface area contributed by atoms with Gasteiger partial charge in [0.25, 0.3) is 0 Å². The van der Waals surface area contributed by atoms with Crippen molar-refractivity contribution in [2.75, 3.05) is 19.8 Å². The lowest BCUT2D eigenvalue weighted by atomic mass is 10.2. The second-order valence-corrected chi connectivity index (χ2v) is 6.58. The van der Waals surface area contributed by atoms with Crippen LogP contribution in [0.25, 0.3) is 10.2 Å². The zero-order valence-corrected chi connectivity index (χ0v) is 14.2. The van der Waals surface area contributed by atoms with Crippen LogP contribution in [-0.2, 0) is 22.4 Å². The standard InChI is InChI=1S/C19H20N2O2S/c22-18(14-23-13-11-15-6-2-1-3-7-15)20-12-10-19-21-16-8-4-5-9-17(16)24-19/h1-9H,10-14H2,(H,20,22). The number of hydrogen-bond acceptors (Lipinski definition) is 4. The number of carbonyl (C=O) groups is 1. The van der Waals surface area contributed by atoms with E-state index in [2.05, 4.69) is 28.5 Å². The van der Waals surface area contributed by atoms with Crippen molar-refractivity contribution >= 4 is 27.5 Å². The van der Waals surface area contributed by atoms with Gasteiger partial charge in [-0.25, -0.2) is 4.98 Å². The van der Waals surface area contributed by atoms with E-state index in [1.807, 2.05) is 36.4 Å². The molecule has 124 valence electrons. The van der Waals surface area contributed by atoms with Crippen molar-refractivity contribution < 1.29 is 9.53 Å². The predicted octanol–water partition coefficient (Wildman–Crippen LogP) is 3.21. The molecule has 1 heterocycles. The van der Waals surface area contributed by atoms with Crippen LogP contribution in [0.15, 0.2) is 54.6 Å². The Labute approximate surface area is 145 Å². The second kappa shape index (κ2) is 8.57. The third-order valence-electron chi connectivity index (χ3n) is 3.61. The number of carbonyl (C=O) groups excluding carboxylic acids is 1. The third-order valence-corrected chi connectivity index (χ3v) is 4.71. The second-order valence-electron chi connectivity index (χ2n) is 5.46. The van der Waals surface area contributed by atoms with Gasteiger partial charge in [-0.2, -0.15) is 0 Å². The third kappa shape index (κ3) is 4.88. The number of aromatic nitrogens is 1. The largest absolute Gasteiger partial charge is 0.371 e. The van der Waals surface area contributed by atoms with E-state index >= 15 is 0 Å². The van der Waals surface area contributed by atoms with Crippen molar-refractivity contribution in [2.45, 2.75) is 12.8 Å². The number of amides is 1. The van der Waals surface area contributed by atoms with Crippen LogP contribution < -0.4 is 5.32 Å². The maximum absolute atomic E-state index is 11.8. The van der Waals surface area contributed by atoms with Crippen molar-refractivity contribution in [2.24, 2.45) is 0 Å². The topological polar surface area (TPSA) is 51.2 Å². The highest BCUT2D eigenvalue weighted by atomic mass is 32.1. The molecule has 0 saturated carbocycles. The van der Waals surface area contributed by atoms with Crippen LogP contribution >= 0.6 is 11.3 Å². The van der Waals surface area contributed by atoms with Crippen LogP contribution in [-0.4, -0.2) is 30.6 Å². The molecule has 0 radical (unpaired) electrons. The number of fused-ring (bicyclic) bond motifs is 1. The van der Waals surface area contributed by atoms with Gasteiger partial charge in [0.15, 0.2) is 0 Å². The predicted molar refractivity (Wildman–Crippen MR) is 97.3 cm³/mol. The Kier molecular flexibility index (Phi) is 5.93. The SMILES string of the molecule is O=C(COCCc1ccccc1)NCCc1nc2ccccc2s1. The maximum Gasteiger partial charge on any atom is 0.246 e. The highest BCUT2D eigenvalue weighted by molar-refractivity contribution is 7.18. The fourth-order valence-corrected chi connectivity index (χ4v) is 3.35. The minimum atomic E-state index is -0.0795. The average molecular weight is 340 g/mol. The van der Waals surface area contributed by atoms with Gasteiger partial charge in [-0.3, -0.25) is 4.79 Å². The molecule has 1 amide bonds. The van der Waals surface area contributed by atoms with Gasteiger partial charge in [-0.05, 0) is 24.1 Å². The Morgan fingerprint density at radius 1 is 1.04 bits per heavy atom. The molecule has 3 aromatic rings. The Morgan fingerprint density at radius 3 is 2.67 bits per heavy atom. The molecular formula is C19H20N2O2S. The lowest BCUT2D eigenvalue weighted by Gasteiger charge is -2.05. The average Bonchev–Trinajstić information content (AvgIpc) is 3.02. The van der Waals surface area contributed by atoms with E-state index in [1.165, 1.54) is 10.3 Å². The van der Waals surface area contributed by atoms with Gasteiger partial charge in [0.05, 0.1) is 21.8 Å². The van der Waals surface area contributed by atoms with Crippen molar-refractivity contribution in [3.05, 3.63) is 65.2 Å². The molecule has 0 unspecified atom stereocenters. The van der Waals surface area contributed by atoms with Gasteiger partial charge in [-0.1, -0.05) is 42.5 Å². The number of thiazole rings is 1. The lowest BCUT2D eigenvalue weighted by Crippen LogP contribution is -2.29. The van der Waals surface area contributed by atoms with E-state index < -0.39 is 0 Å². The monoisotopic (exact) mass is 340 g/mol. The van der Waals surface area contributed by atoms with Crippen molar-refractivity contribution in [3.63, 3.8) is 0 Å². The lowest BCUT2D eigenvalue weighted by molar-refractivity contribution is -0.125. The molecule has 24 heavy (non-hydrogen) atoms. The van der Waals surface area contributed by atoms with Gasteiger partial charge >= 0.3 is 0 Å². The fraction of sp³-hybridized carbons (Fsp3) is 0.263. The van der Waals surface area contributed by atoms with Gasteiger partial charge in [0, 0.05) is 13.0 Å². The van der Waals surface area contributed by atoms with Crippen LogP contribution in [0.3, 0.4) is 0 Å². The Balaban J connectivity index is 1.32. The summed E-state index contributed by atoms with van der Waals surface area (Å²) in [6, 6.07) is 18.2. The summed E-state index contributed by atoms with van der Waals surface area (Å²) in [5.41, 5.74) is 2.24. The molecule has 1 N–H and O–H groups in total. The van der Waals surface area contributed by atoms with E-state index in [4.69, 9.17) is 4.74 Å². The Hall–Kier alpha value is -2.24.